The number of likely N-dealkylation sites (tertiary alicyclic amines) is 1. The van der Waals surface area contributed by atoms with Crippen LogP contribution in [0.3, 0.4) is 0 Å². The van der Waals surface area contributed by atoms with Crippen LogP contribution in [0.25, 0.3) is 16.9 Å². The summed E-state index contributed by atoms with van der Waals surface area (Å²) in [5.74, 6) is 0.00220. The molecular formula is C17H14Cl2N4O2. The molecule has 4 rings (SSSR count). The molecule has 1 atom stereocenters. The molecule has 1 N–H and O–H groups in total. The van der Waals surface area contributed by atoms with Gasteiger partial charge in [0.1, 0.15) is 0 Å². The van der Waals surface area contributed by atoms with Crippen LogP contribution in [-0.4, -0.2) is 39.0 Å². The molecule has 8 heteroatoms. The second kappa shape index (κ2) is 5.89. The molecule has 6 nitrogen and oxygen atoms in total. The van der Waals surface area contributed by atoms with Crippen LogP contribution in [0.15, 0.2) is 35.1 Å². The fraction of sp³-hybridized carbons (Fsp3) is 0.235. The number of benzene rings is 1. The Morgan fingerprint density at radius 2 is 2.00 bits per heavy atom. The fourth-order valence-electron chi connectivity index (χ4n) is 3.13. The third-order valence-corrected chi connectivity index (χ3v) is 5.00. The fourth-order valence-corrected chi connectivity index (χ4v) is 3.64. The number of aromatic amines is 1. The number of carbonyl (C=O) groups is 1. The lowest BCUT2D eigenvalue weighted by Gasteiger charge is -2.09. The molecule has 1 aliphatic rings. The summed E-state index contributed by atoms with van der Waals surface area (Å²) in [5.41, 5.74) is 2.30. The van der Waals surface area contributed by atoms with Gasteiger partial charge in [0.25, 0.3) is 5.56 Å². The summed E-state index contributed by atoms with van der Waals surface area (Å²) in [6.07, 6.45) is 0.374. The summed E-state index contributed by atoms with van der Waals surface area (Å²) in [6, 6.07) is 8.40. The van der Waals surface area contributed by atoms with Gasteiger partial charge in [-0.1, -0.05) is 23.2 Å². The average Bonchev–Trinajstić information content (AvgIpc) is 3.11. The van der Waals surface area contributed by atoms with Crippen molar-refractivity contribution in [2.24, 2.45) is 0 Å². The van der Waals surface area contributed by atoms with Crippen molar-refractivity contribution in [2.45, 2.75) is 12.3 Å². The minimum absolute atomic E-state index is 0.0623. The lowest BCUT2D eigenvalue weighted by molar-refractivity contribution is -0.126. The predicted molar refractivity (Wildman–Crippen MR) is 96.3 cm³/mol. The second-order valence-corrected chi connectivity index (χ2v) is 7.03. The topological polar surface area (TPSA) is 70.5 Å². The highest BCUT2D eigenvalue weighted by atomic mass is 35.5. The molecule has 0 bridgehead atoms. The Hall–Kier alpha value is -2.31. The van der Waals surface area contributed by atoms with Crippen LogP contribution in [0.2, 0.25) is 10.0 Å². The number of carbonyl (C=O) groups excluding carboxylic acids is 1. The van der Waals surface area contributed by atoms with Crippen LogP contribution in [-0.2, 0) is 4.79 Å². The number of nitrogens with one attached hydrogen (secondary N) is 1. The Labute approximate surface area is 153 Å². The van der Waals surface area contributed by atoms with E-state index in [1.165, 1.54) is 10.6 Å². The van der Waals surface area contributed by atoms with Gasteiger partial charge < -0.3 is 4.90 Å². The molecule has 1 aromatic carbocycles. The van der Waals surface area contributed by atoms with E-state index in [2.05, 4.69) is 10.1 Å². The Bertz CT molecular complexity index is 1060. The average molecular weight is 377 g/mol. The van der Waals surface area contributed by atoms with E-state index in [0.717, 1.165) is 5.56 Å². The summed E-state index contributed by atoms with van der Waals surface area (Å²) >= 11 is 12.2. The van der Waals surface area contributed by atoms with Crippen LogP contribution >= 0.6 is 23.2 Å². The first kappa shape index (κ1) is 16.2. The monoisotopic (exact) mass is 376 g/mol. The number of hydrogen-bond acceptors (Lipinski definition) is 3. The number of halogens is 2. The van der Waals surface area contributed by atoms with Crippen LogP contribution in [0.4, 0.5) is 0 Å². The molecule has 1 fully saturated rings. The highest BCUT2D eigenvalue weighted by molar-refractivity contribution is 6.36. The molecule has 128 valence electrons. The minimum atomic E-state index is -0.224. The van der Waals surface area contributed by atoms with Gasteiger partial charge in [-0.15, -0.1) is 0 Å². The maximum Gasteiger partial charge on any atom is 0.272 e. The summed E-state index contributed by atoms with van der Waals surface area (Å²) in [6.45, 7) is 0.571. The smallest absolute Gasteiger partial charge is 0.272 e. The van der Waals surface area contributed by atoms with Crippen LogP contribution in [0.5, 0.6) is 0 Å². The first-order valence-corrected chi connectivity index (χ1v) is 8.50. The predicted octanol–water partition coefficient (Wildman–Crippen LogP) is 2.94. The van der Waals surface area contributed by atoms with Crippen molar-refractivity contribution in [3.63, 3.8) is 0 Å². The maximum atomic E-state index is 12.4. The lowest BCUT2D eigenvalue weighted by atomic mass is 10.0. The molecule has 2 aromatic heterocycles. The number of amides is 1. The number of rotatable bonds is 2. The van der Waals surface area contributed by atoms with Crippen molar-refractivity contribution in [2.75, 3.05) is 13.6 Å². The number of H-pyrrole nitrogens is 1. The molecule has 25 heavy (non-hydrogen) atoms. The van der Waals surface area contributed by atoms with Crippen LogP contribution in [0.1, 0.15) is 18.0 Å². The molecule has 1 unspecified atom stereocenters. The van der Waals surface area contributed by atoms with E-state index in [9.17, 15) is 9.59 Å². The molecule has 0 spiro atoms. The Kier molecular flexibility index (Phi) is 3.81. The molecular weight excluding hydrogens is 363 g/mol. The van der Waals surface area contributed by atoms with Gasteiger partial charge in [-0.2, -0.15) is 0 Å². The van der Waals surface area contributed by atoms with Gasteiger partial charge in [0.05, 0.1) is 16.4 Å². The zero-order valence-electron chi connectivity index (χ0n) is 13.3. The van der Waals surface area contributed by atoms with E-state index in [0.29, 0.717) is 40.0 Å². The quantitative estimate of drug-likeness (QED) is 0.747. The Morgan fingerprint density at radius 1 is 1.20 bits per heavy atom. The largest absolute Gasteiger partial charge is 0.345 e. The first-order valence-electron chi connectivity index (χ1n) is 7.74. The van der Waals surface area contributed by atoms with E-state index in [1.807, 2.05) is 0 Å². The highest BCUT2D eigenvalue weighted by Gasteiger charge is 2.29. The number of hydrogen-bond donors (Lipinski definition) is 1. The van der Waals surface area contributed by atoms with Gasteiger partial charge in [-0.3, -0.25) is 14.7 Å². The van der Waals surface area contributed by atoms with Crippen molar-refractivity contribution < 1.29 is 4.79 Å². The molecule has 3 aromatic rings. The maximum absolute atomic E-state index is 12.4. The number of fused-ring (bicyclic) bond motifs is 1. The third-order valence-electron chi connectivity index (χ3n) is 4.45. The van der Waals surface area contributed by atoms with Crippen molar-refractivity contribution in [1.82, 2.24) is 19.5 Å². The van der Waals surface area contributed by atoms with Crippen LogP contribution < -0.4 is 5.56 Å². The van der Waals surface area contributed by atoms with E-state index in [4.69, 9.17) is 23.2 Å². The molecule has 1 saturated heterocycles. The third kappa shape index (κ3) is 2.81. The SMILES string of the molecule is CN1CC(c2cc(=O)n3[nH]c(-c4ccc(Cl)cc4Cl)cc3n2)CC1=O. The van der Waals surface area contributed by atoms with Gasteiger partial charge in [0.15, 0.2) is 5.65 Å². The van der Waals surface area contributed by atoms with Crippen molar-refractivity contribution in [3.05, 3.63) is 56.4 Å². The molecule has 0 saturated carbocycles. The lowest BCUT2D eigenvalue weighted by Crippen LogP contribution is -2.20. The van der Waals surface area contributed by atoms with Gasteiger partial charge in [0.2, 0.25) is 5.91 Å². The zero-order valence-corrected chi connectivity index (χ0v) is 14.8. The first-order chi connectivity index (χ1) is 11.9. The van der Waals surface area contributed by atoms with Gasteiger partial charge in [-0.25, -0.2) is 9.50 Å². The molecule has 1 amide bonds. The molecule has 3 heterocycles. The standard InChI is InChI=1S/C17H14Cl2N4O2/c1-22-8-9(4-16(22)24)13-7-17(25)23-15(20-13)6-14(21-23)11-3-2-10(18)5-12(11)19/h2-3,5-7,9,21H,4,8H2,1H3. The van der Waals surface area contributed by atoms with Crippen molar-refractivity contribution in [1.29, 1.82) is 0 Å². The minimum Gasteiger partial charge on any atom is -0.345 e. The highest BCUT2D eigenvalue weighted by Crippen LogP contribution is 2.30. The number of nitrogens with zero attached hydrogens (tertiary/aromatic N) is 3. The molecule has 0 radical (unpaired) electrons. The van der Waals surface area contributed by atoms with Gasteiger partial charge in [0, 0.05) is 48.6 Å². The van der Waals surface area contributed by atoms with E-state index < -0.39 is 0 Å². The normalized spacial score (nSPS) is 17.6. The number of aromatic nitrogens is 3. The molecule has 1 aliphatic heterocycles. The molecule has 0 aliphatic carbocycles. The summed E-state index contributed by atoms with van der Waals surface area (Å²) in [4.78, 5) is 30.4. The summed E-state index contributed by atoms with van der Waals surface area (Å²) < 4.78 is 1.37. The van der Waals surface area contributed by atoms with E-state index in [1.54, 1.807) is 36.2 Å². The van der Waals surface area contributed by atoms with Crippen molar-refractivity contribution in [3.8, 4) is 11.3 Å². The van der Waals surface area contributed by atoms with E-state index in [-0.39, 0.29) is 17.4 Å². The van der Waals surface area contributed by atoms with Gasteiger partial charge in [-0.05, 0) is 18.2 Å². The van der Waals surface area contributed by atoms with E-state index >= 15 is 0 Å². The second-order valence-electron chi connectivity index (χ2n) is 6.18. The Balaban J connectivity index is 1.80. The zero-order chi connectivity index (χ0) is 17.7. The Morgan fingerprint density at radius 3 is 2.68 bits per heavy atom. The summed E-state index contributed by atoms with van der Waals surface area (Å²) in [7, 11) is 1.75. The van der Waals surface area contributed by atoms with Crippen LogP contribution in [0, 0.1) is 0 Å². The van der Waals surface area contributed by atoms with Gasteiger partial charge >= 0.3 is 0 Å². The van der Waals surface area contributed by atoms with Crippen molar-refractivity contribution >= 4 is 34.8 Å². The number of likely N-dealkylation sites (N-methyl/N-ethyl adjacent to an activating group) is 1. The summed E-state index contributed by atoms with van der Waals surface area (Å²) in [5, 5.41) is 4.03.